The molecular weight excluding hydrogens is 281 g/mol. The molecule has 2 heterocycles. The summed E-state index contributed by atoms with van der Waals surface area (Å²) in [6.07, 6.45) is 0.473. The number of furan rings is 1. The Balaban J connectivity index is 2.33. The molecule has 0 spiro atoms. The molecule has 0 radical (unpaired) electrons. The smallest absolute Gasteiger partial charge is 0.268 e. The van der Waals surface area contributed by atoms with Gasteiger partial charge < -0.3 is 9.15 Å². The molecule has 1 aliphatic rings. The molecule has 0 bridgehead atoms. The highest BCUT2D eigenvalue weighted by atomic mass is 35.5. The van der Waals surface area contributed by atoms with E-state index in [0.717, 1.165) is 4.90 Å². The Morgan fingerprint density at radius 2 is 2.17 bits per heavy atom. The topological polar surface area (TPSA) is 59.8 Å². The van der Waals surface area contributed by atoms with E-state index >= 15 is 0 Å². The Kier molecular flexibility index (Phi) is 3.40. The van der Waals surface area contributed by atoms with E-state index in [4.69, 9.17) is 32.4 Å². The number of nitrogens with zero attached hydrogens (tertiary/aromatic N) is 1. The van der Waals surface area contributed by atoms with Gasteiger partial charge in [0.2, 0.25) is 0 Å². The fourth-order valence-corrected chi connectivity index (χ4v) is 2.06. The molecule has 7 heteroatoms. The van der Waals surface area contributed by atoms with Crippen LogP contribution in [0.25, 0.3) is 0 Å². The average molecular weight is 292 g/mol. The highest BCUT2D eigenvalue weighted by Crippen LogP contribution is 2.37. The third-order valence-electron chi connectivity index (χ3n) is 2.60. The van der Waals surface area contributed by atoms with Crippen molar-refractivity contribution in [1.82, 2.24) is 4.90 Å². The largest absolute Gasteiger partial charge is 0.466 e. The molecule has 2 rings (SSSR count). The number of carbonyl (C=O) groups excluding carboxylic acids is 2. The molecule has 0 aliphatic carbocycles. The van der Waals surface area contributed by atoms with Crippen LogP contribution in [0.4, 0.5) is 0 Å². The van der Waals surface area contributed by atoms with Gasteiger partial charge >= 0.3 is 0 Å². The average Bonchev–Trinajstić information content (AvgIpc) is 2.84. The molecule has 18 heavy (non-hydrogen) atoms. The number of amides is 2. The first-order chi connectivity index (χ1) is 8.34. The summed E-state index contributed by atoms with van der Waals surface area (Å²) in [6.45, 7) is 3.17. The zero-order valence-electron chi connectivity index (χ0n) is 9.72. The highest BCUT2D eigenvalue weighted by molar-refractivity contribution is 6.54. The van der Waals surface area contributed by atoms with E-state index in [-0.39, 0.29) is 0 Å². The lowest BCUT2D eigenvalue weighted by Gasteiger charge is -2.27. The molecule has 1 aliphatic heterocycles. The van der Waals surface area contributed by atoms with Crippen LogP contribution >= 0.6 is 23.2 Å². The molecular formula is C11H11Cl2NO4. The fraction of sp³-hybridized carbons (Fsp3) is 0.455. The van der Waals surface area contributed by atoms with Crippen LogP contribution in [-0.2, 0) is 14.3 Å². The van der Waals surface area contributed by atoms with Crippen molar-refractivity contribution in [1.29, 1.82) is 0 Å². The summed E-state index contributed by atoms with van der Waals surface area (Å²) in [5.41, 5.74) is -1.12. The van der Waals surface area contributed by atoms with Gasteiger partial charge in [-0.3, -0.25) is 9.59 Å². The van der Waals surface area contributed by atoms with Gasteiger partial charge in [0.25, 0.3) is 11.8 Å². The van der Waals surface area contributed by atoms with Crippen LogP contribution < -0.4 is 0 Å². The maximum Gasteiger partial charge on any atom is 0.268 e. The Hall–Kier alpha value is -1.04. The van der Waals surface area contributed by atoms with Crippen LogP contribution in [0.15, 0.2) is 22.8 Å². The van der Waals surface area contributed by atoms with Crippen molar-refractivity contribution < 1.29 is 18.7 Å². The predicted molar refractivity (Wildman–Crippen MR) is 64.0 cm³/mol. The summed E-state index contributed by atoms with van der Waals surface area (Å²) in [5.74, 6) is -0.905. The molecule has 1 aromatic rings. The summed E-state index contributed by atoms with van der Waals surface area (Å²) in [4.78, 5) is 23.6. The summed E-state index contributed by atoms with van der Waals surface area (Å²) in [6, 6.07) is 3.24. The number of hydrogen-bond acceptors (Lipinski definition) is 4. The molecule has 1 fully saturated rings. The third kappa shape index (κ3) is 2.13. The molecule has 0 saturated carbocycles. The second-order valence-electron chi connectivity index (χ2n) is 4.27. The van der Waals surface area contributed by atoms with Gasteiger partial charge in [0.15, 0.2) is 10.9 Å². The minimum absolute atomic E-state index is 0.337. The van der Waals surface area contributed by atoms with Crippen molar-refractivity contribution in [2.24, 2.45) is 0 Å². The van der Waals surface area contributed by atoms with Crippen molar-refractivity contribution in [2.45, 2.75) is 30.5 Å². The van der Waals surface area contributed by atoms with Gasteiger partial charge in [0.1, 0.15) is 11.5 Å². The lowest BCUT2D eigenvalue weighted by Crippen LogP contribution is -2.48. The lowest BCUT2D eigenvalue weighted by molar-refractivity contribution is -0.150. The quantitative estimate of drug-likeness (QED) is 0.784. The minimum Gasteiger partial charge on any atom is -0.466 e. The van der Waals surface area contributed by atoms with Gasteiger partial charge in [-0.25, -0.2) is 4.90 Å². The predicted octanol–water partition coefficient (Wildman–Crippen LogP) is 2.25. The maximum absolute atomic E-state index is 12.2. The highest BCUT2D eigenvalue weighted by Gasteiger charge is 2.52. The van der Waals surface area contributed by atoms with E-state index in [1.807, 2.05) is 0 Å². The van der Waals surface area contributed by atoms with Crippen LogP contribution in [0.3, 0.4) is 0 Å². The summed E-state index contributed by atoms with van der Waals surface area (Å²) < 4.78 is 10.7. The zero-order valence-corrected chi connectivity index (χ0v) is 11.2. The number of imide groups is 1. The van der Waals surface area contributed by atoms with Gasteiger partial charge in [-0.15, -0.1) is 0 Å². The van der Waals surface area contributed by atoms with Crippen molar-refractivity contribution >= 4 is 35.0 Å². The van der Waals surface area contributed by atoms with Crippen molar-refractivity contribution in [2.75, 3.05) is 0 Å². The second kappa shape index (κ2) is 4.57. The van der Waals surface area contributed by atoms with Crippen LogP contribution in [0.5, 0.6) is 0 Å². The molecule has 5 nitrogen and oxygen atoms in total. The molecule has 2 amide bonds. The number of halogens is 2. The zero-order chi connectivity index (χ0) is 13.5. The lowest BCUT2D eigenvalue weighted by atomic mass is 10.2. The molecule has 1 atom stereocenters. The van der Waals surface area contributed by atoms with E-state index < -0.39 is 28.5 Å². The van der Waals surface area contributed by atoms with Gasteiger partial charge in [-0.05, 0) is 26.0 Å². The first-order valence-corrected chi connectivity index (χ1v) is 6.09. The van der Waals surface area contributed by atoms with E-state index in [9.17, 15) is 9.59 Å². The Morgan fingerprint density at radius 1 is 1.50 bits per heavy atom. The van der Waals surface area contributed by atoms with E-state index in [2.05, 4.69) is 0 Å². The van der Waals surface area contributed by atoms with Crippen LogP contribution in [0, 0.1) is 0 Å². The minimum atomic E-state index is -1.31. The summed E-state index contributed by atoms with van der Waals surface area (Å²) >= 11 is 11.0. The van der Waals surface area contributed by atoms with Gasteiger partial charge in [-0.1, -0.05) is 23.2 Å². The van der Waals surface area contributed by atoms with Gasteiger partial charge in [0, 0.05) is 0 Å². The first-order valence-electron chi connectivity index (χ1n) is 5.22. The Labute approximate surface area is 114 Å². The van der Waals surface area contributed by atoms with Crippen molar-refractivity contribution in [3.05, 3.63) is 24.2 Å². The van der Waals surface area contributed by atoms with Gasteiger partial charge in [0.05, 0.1) is 6.26 Å². The molecule has 98 valence electrons. The van der Waals surface area contributed by atoms with Crippen molar-refractivity contribution in [3.8, 4) is 0 Å². The molecule has 0 aromatic carbocycles. The summed E-state index contributed by atoms with van der Waals surface area (Å²) in [7, 11) is 0. The second-order valence-corrected chi connectivity index (χ2v) is 5.37. The van der Waals surface area contributed by atoms with E-state index in [1.165, 1.54) is 6.26 Å². The number of carbonyl (C=O) groups is 2. The number of alkyl halides is 2. The van der Waals surface area contributed by atoms with Crippen molar-refractivity contribution in [3.63, 3.8) is 0 Å². The van der Waals surface area contributed by atoms with E-state index in [0.29, 0.717) is 5.76 Å². The van der Waals surface area contributed by atoms with Crippen LogP contribution in [0.2, 0.25) is 0 Å². The SMILES string of the molecule is CC1(C)OC(c2ccco2)C(=O)N1C(=O)C(Cl)Cl. The number of hydrogen-bond donors (Lipinski definition) is 0. The standard InChI is InChI=1S/C11H11Cl2NO4/c1-11(2)14(10(16)8(12)13)9(15)7(18-11)6-4-3-5-17-6/h3-5,7-8H,1-2H3. The first kappa shape index (κ1) is 13.4. The van der Waals surface area contributed by atoms with Crippen LogP contribution in [-0.4, -0.2) is 27.3 Å². The number of rotatable bonds is 2. The molecule has 1 aromatic heterocycles. The maximum atomic E-state index is 12.2. The molecule has 1 unspecified atom stereocenters. The monoisotopic (exact) mass is 291 g/mol. The normalized spacial score (nSPS) is 22.8. The fourth-order valence-electron chi connectivity index (χ4n) is 1.87. The Bertz CT molecular complexity index is 469. The third-order valence-corrected chi connectivity index (χ3v) is 2.97. The summed E-state index contributed by atoms with van der Waals surface area (Å²) in [5, 5.41) is 0. The van der Waals surface area contributed by atoms with Gasteiger partial charge in [-0.2, -0.15) is 0 Å². The van der Waals surface area contributed by atoms with E-state index in [1.54, 1.807) is 26.0 Å². The molecule has 1 saturated heterocycles. The number of ether oxygens (including phenoxy) is 1. The molecule has 0 N–H and O–H groups in total. The Morgan fingerprint density at radius 3 is 2.67 bits per heavy atom. The van der Waals surface area contributed by atoms with Crippen LogP contribution in [0.1, 0.15) is 25.7 Å².